The predicted octanol–water partition coefficient (Wildman–Crippen LogP) is 3.63. The minimum Gasteiger partial charge on any atom is -0.370 e. The minimum atomic E-state index is 0.720. The third kappa shape index (κ3) is 3.14. The highest BCUT2D eigenvalue weighted by molar-refractivity contribution is 5.50. The molecule has 4 nitrogen and oxygen atoms in total. The standard InChI is InChI=1S/C17H28N4/c1-3-7-15-19-16(18-4-2)12-17(20-15)21-11-6-9-13-8-5-10-14(13)21/h12-14H,3-11H2,1-2H3,(H,18,19,20). The van der Waals surface area contributed by atoms with Gasteiger partial charge in [-0.25, -0.2) is 9.97 Å². The van der Waals surface area contributed by atoms with Crippen molar-refractivity contribution in [3.05, 3.63) is 11.9 Å². The number of anilines is 2. The van der Waals surface area contributed by atoms with Gasteiger partial charge >= 0.3 is 0 Å². The number of nitrogens with zero attached hydrogens (tertiary/aromatic N) is 3. The van der Waals surface area contributed by atoms with E-state index >= 15 is 0 Å². The first kappa shape index (κ1) is 14.6. The molecule has 2 atom stereocenters. The van der Waals surface area contributed by atoms with Crippen LogP contribution < -0.4 is 10.2 Å². The van der Waals surface area contributed by atoms with Crippen LogP contribution in [0.4, 0.5) is 11.6 Å². The quantitative estimate of drug-likeness (QED) is 0.898. The van der Waals surface area contributed by atoms with Gasteiger partial charge in [-0.15, -0.1) is 0 Å². The fraction of sp³-hybridized carbons (Fsp3) is 0.765. The average Bonchev–Trinajstić information content (AvgIpc) is 2.96. The Balaban J connectivity index is 1.88. The van der Waals surface area contributed by atoms with E-state index < -0.39 is 0 Å². The molecule has 21 heavy (non-hydrogen) atoms. The molecule has 1 N–H and O–H groups in total. The van der Waals surface area contributed by atoms with Crippen molar-refractivity contribution in [2.75, 3.05) is 23.3 Å². The lowest BCUT2D eigenvalue weighted by molar-refractivity contribution is 0.360. The maximum atomic E-state index is 4.86. The Bertz CT molecular complexity index is 450. The molecule has 3 rings (SSSR count). The van der Waals surface area contributed by atoms with Crippen LogP contribution in [0.3, 0.4) is 0 Å². The molecule has 1 aliphatic heterocycles. The van der Waals surface area contributed by atoms with Crippen LogP contribution in [-0.2, 0) is 6.42 Å². The number of aryl methyl sites for hydroxylation is 1. The van der Waals surface area contributed by atoms with Gasteiger partial charge in [0.15, 0.2) is 0 Å². The Kier molecular flexibility index (Phi) is 4.61. The van der Waals surface area contributed by atoms with Crippen molar-refractivity contribution in [2.45, 2.75) is 64.8 Å². The summed E-state index contributed by atoms with van der Waals surface area (Å²) in [5, 5.41) is 3.37. The SMILES string of the molecule is CCCc1nc(NCC)cc(N2CCCC3CCCC32)n1. The summed E-state index contributed by atoms with van der Waals surface area (Å²) in [4.78, 5) is 12.1. The second kappa shape index (κ2) is 6.63. The Labute approximate surface area is 128 Å². The van der Waals surface area contributed by atoms with Gasteiger partial charge in [0.05, 0.1) is 0 Å². The molecule has 1 aromatic rings. The van der Waals surface area contributed by atoms with Crippen LogP contribution in [0, 0.1) is 5.92 Å². The molecule has 1 aromatic heterocycles. The summed E-state index contributed by atoms with van der Waals surface area (Å²) >= 11 is 0. The van der Waals surface area contributed by atoms with E-state index in [1.54, 1.807) is 0 Å². The van der Waals surface area contributed by atoms with Crippen molar-refractivity contribution in [1.82, 2.24) is 9.97 Å². The van der Waals surface area contributed by atoms with Crippen molar-refractivity contribution in [1.29, 1.82) is 0 Å². The number of rotatable bonds is 5. The smallest absolute Gasteiger partial charge is 0.134 e. The number of nitrogens with one attached hydrogen (secondary N) is 1. The average molecular weight is 288 g/mol. The van der Waals surface area contributed by atoms with Crippen molar-refractivity contribution < 1.29 is 0 Å². The van der Waals surface area contributed by atoms with E-state index in [0.29, 0.717) is 0 Å². The van der Waals surface area contributed by atoms with E-state index in [9.17, 15) is 0 Å². The highest BCUT2D eigenvalue weighted by Gasteiger charge is 2.35. The molecular weight excluding hydrogens is 260 g/mol. The second-order valence-corrected chi connectivity index (χ2v) is 6.40. The first-order chi connectivity index (χ1) is 10.3. The van der Waals surface area contributed by atoms with E-state index in [1.165, 1.54) is 32.1 Å². The molecule has 1 saturated carbocycles. The van der Waals surface area contributed by atoms with Gasteiger partial charge in [0, 0.05) is 31.6 Å². The van der Waals surface area contributed by atoms with E-state index in [0.717, 1.165) is 55.4 Å². The maximum absolute atomic E-state index is 4.86. The van der Waals surface area contributed by atoms with Crippen LogP contribution >= 0.6 is 0 Å². The molecular formula is C17H28N4. The Morgan fingerprint density at radius 1 is 1.19 bits per heavy atom. The van der Waals surface area contributed by atoms with E-state index in [2.05, 4.69) is 35.1 Å². The van der Waals surface area contributed by atoms with Crippen LogP contribution in [0.15, 0.2) is 6.07 Å². The molecule has 2 heterocycles. The van der Waals surface area contributed by atoms with Gasteiger partial charge in [0.2, 0.25) is 0 Å². The fourth-order valence-electron chi connectivity index (χ4n) is 3.98. The number of fused-ring (bicyclic) bond motifs is 1. The molecule has 2 aliphatic rings. The normalized spacial score (nSPS) is 25.0. The van der Waals surface area contributed by atoms with Gasteiger partial charge in [-0.3, -0.25) is 0 Å². The summed E-state index contributed by atoms with van der Waals surface area (Å²) in [5.74, 6) is 4.03. The largest absolute Gasteiger partial charge is 0.370 e. The van der Waals surface area contributed by atoms with Gasteiger partial charge in [-0.2, -0.15) is 0 Å². The van der Waals surface area contributed by atoms with E-state index in [1.807, 2.05) is 0 Å². The lowest BCUT2D eigenvalue weighted by Gasteiger charge is -2.38. The first-order valence-corrected chi connectivity index (χ1v) is 8.70. The van der Waals surface area contributed by atoms with Crippen molar-refractivity contribution in [3.8, 4) is 0 Å². The lowest BCUT2D eigenvalue weighted by Crippen LogP contribution is -2.43. The molecule has 1 saturated heterocycles. The third-order valence-electron chi connectivity index (χ3n) is 4.88. The molecule has 0 radical (unpaired) electrons. The highest BCUT2D eigenvalue weighted by Crippen LogP contribution is 2.38. The highest BCUT2D eigenvalue weighted by atomic mass is 15.2. The molecule has 0 bridgehead atoms. The summed E-state index contributed by atoms with van der Waals surface area (Å²) in [6, 6.07) is 2.88. The third-order valence-corrected chi connectivity index (χ3v) is 4.88. The van der Waals surface area contributed by atoms with Gasteiger partial charge in [-0.05, 0) is 44.9 Å². The van der Waals surface area contributed by atoms with E-state index in [4.69, 9.17) is 4.98 Å². The monoisotopic (exact) mass is 288 g/mol. The number of aromatic nitrogens is 2. The number of hydrogen-bond donors (Lipinski definition) is 1. The summed E-state index contributed by atoms with van der Waals surface area (Å²) in [6.07, 6.45) is 8.93. The van der Waals surface area contributed by atoms with Crippen LogP contribution in [0.5, 0.6) is 0 Å². The first-order valence-electron chi connectivity index (χ1n) is 8.70. The second-order valence-electron chi connectivity index (χ2n) is 6.40. The summed E-state index contributed by atoms with van der Waals surface area (Å²) < 4.78 is 0. The Morgan fingerprint density at radius 2 is 2.05 bits per heavy atom. The van der Waals surface area contributed by atoms with Gasteiger partial charge in [-0.1, -0.05) is 13.3 Å². The van der Waals surface area contributed by atoms with Crippen molar-refractivity contribution in [2.24, 2.45) is 5.92 Å². The van der Waals surface area contributed by atoms with Crippen LogP contribution in [0.25, 0.3) is 0 Å². The zero-order chi connectivity index (χ0) is 14.7. The minimum absolute atomic E-state index is 0.720. The molecule has 0 amide bonds. The number of piperidine rings is 1. The molecule has 0 aromatic carbocycles. The van der Waals surface area contributed by atoms with Crippen LogP contribution in [-0.4, -0.2) is 29.1 Å². The fourth-order valence-corrected chi connectivity index (χ4v) is 3.98. The molecule has 2 fully saturated rings. The molecule has 1 aliphatic carbocycles. The van der Waals surface area contributed by atoms with Crippen LogP contribution in [0.1, 0.15) is 58.2 Å². The van der Waals surface area contributed by atoms with Crippen LogP contribution in [0.2, 0.25) is 0 Å². The van der Waals surface area contributed by atoms with Gasteiger partial charge < -0.3 is 10.2 Å². The number of hydrogen-bond acceptors (Lipinski definition) is 4. The Morgan fingerprint density at radius 3 is 2.86 bits per heavy atom. The van der Waals surface area contributed by atoms with Crippen molar-refractivity contribution in [3.63, 3.8) is 0 Å². The molecule has 4 heteroatoms. The van der Waals surface area contributed by atoms with Gasteiger partial charge in [0.1, 0.15) is 17.5 Å². The van der Waals surface area contributed by atoms with E-state index in [-0.39, 0.29) is 0 Å². The van der Waals surface area contributed by atoms with Gasteiger partial charge in [0.25, 0.3) is 0 Å². The zero-order valence-electron chi connectivity index (χ0n) is 13.4. The zero-order valence-corrected chi connectivity index (χ0v) is 13.4. The summed E-state index contributed by atoms with van der Waals surface area (Å²) in [5.41, 5.74) is 0. The molecule has 0 spiro atoms. The molecule has 2 unspecified atom stereocenters. The lowest BCUT2D eigenvalue weighted by atomic mass is 9.92. The summed E-state index contributed by atoms with van der Waals surface area (Å²) in [7, 11) is 0. The molecule has 116 valence electrons. The van der Waals surface area contributed by atoms with Crippen molar-refractivity contribution >= 4 is 11.6 Å². The predicted molar refractivity (Wildman–Crippen MR) is 87.9 cm³/mol. The topological polar surface area (TPSA) is 41.1 Å². The Hall–Kier alpha value is -1.32. The summed E-state index contributed by atoms with van der Waals surface area (Å²) in [6.45, 7) is 6.38. The maximum Gasteiger partial charge on any atom is 0.134 e.